The van der Waals surface area contributed by atoms with Gasteiger partial charge in [-0.25, -0.2) is 29.9 Å². The highest BCUT2D eigenvalue weighted by Gasteiger charge is 2.25. The Bertz CT molecular complexity index is 3120. The van der Waals surface area contributed by atoms with Crippen molar-refractivity contribution in [3.63, 3.8) is 0 Å². The number of nitrogens with zero attached hydrogens (tertiary/aromatic N) is 6. The van der Waals surface area contributed by atoms with E-state index in [-0.39, 0.29) is 21.7 Å². The lowest BCUT2D eigenvalue weighted by Gasteiger charge is -2.19. The molecule has 12 heteroatoms. The summed E-state index contributed by atoms with van der Waals surface area (Å²) in [5.41, 5.74) is 5.42. The van der Waals surface area contributed by atoms with Gasteiger partial charge in [-0.3, -0.25) is 0 Å². The Morgan fingerprint density at radius 2 is 0.609 bits per heavy atom. The summed E-state index contributed by atoms with van der Waals surface area (Å²) in [6.07, 6.45) is 0. The van der Waals surface area contributed by atoms with Gasteiger partial charge in [0.05, 0.1) is 26.4 Å². The second-order valence-electron chi connectivity index (χ2n) is 21.8. The minimum Gasteiger partial charge on any atom is -0.493 e. The minimum absolute atomic E-state index is 0.0314. The molecule has 0 amide bonds. The molecule has 0 atom stereocenters. The highest BCUT2D eigenvalue weighted by molar-refractivity contribution is 6.07. The summed E-state index contributed by atoms with van der Waals surface area (Å²) in [6.45, 7) is 28.0. The molecule has 9 rings (SSSR count). The molecule has 7 aromatic rings. The maximum Gasteiger partial charge on any atom is 0.164 e. The number of aromatic nitrogens is 8. The molecule has 3 aromatic heterocycles. The zero-order valence-corrected chi connectivity index (χ0v) is 39.1. The zero-order valence-electron chi connectivity index (χ0n) is 39.1. The van der Waals surface area contributed by atoms with Crippen molar-refractivity contribution in [1.82, 2.24) is 39.9 Å². The fourth-order valence-electron chi connectivity index (χ4n) is 7.27. The van der Waals surface area contributed by atoms with Crippen LogP contribution in [0.15, 0.2) is 72.8 Å². The van der Waals surface area contributed by atoms with Crippen LogP contribution >= 0.6 is 0 Å². The Morgan fingerprint density at radius 3 is 0.938 bits per heavy atom. The second-order valence-corrected chi connectivity index (χ2v) is 21.8. The molecule has 0 spiro atoms. The van der Waals surface area contributed by atoms with E-state index in [1.165, 1.54) is 0 Å². The molecule has 0 aliphatic carbocycles. The molecule has 0 fully saturated rings. The molecule has 2 N–H and O–H groups in total. The number of H-pyrrole nitrogens is 2. The average molecular weight is 859 g/mol. The number of ether oxygens (including phenoxy) is 4. The Morgan fingerprint density at radius 1 is 0.328 bits per heavy atom. The van der Waals surface area contributed by atoms with E-state index in [9.17, 15) is 0 Å². The molecule has 0 unspecified atom stereocenters. The third-order valence-electron chi connectivity index (χ3n) is 10.4. The number of benzene rings is 4. The number of fused-ring (bicyclic) bond motifs is 20. The third-order valence-corrected chi connectivity index (χ3v) is 10.4. The quantitative estimate of drug-likeness (QED) is 0.151. The normalized spacial score (nSPS) is 12.9. The van der Waals surface area contributed by atoms with Crippen molar-refractivity contribution >= 4 is 44.1 Å². The Balaban J connectivity index is 1.35. The lowest BCUT2D eigenvalue weighted by Crippen LogP contribution is -2.16. The van der Waals surface area contributed by atoms with Gasteiger partial charge in [-0.05, 0) is 94.5 Å². The van der Waals surface area contributed by atoms with Gasteiger partial charge >= 0.3 is 0 Å². The molecule has 330 valence electrons. The van der Waals surface area contributed by atoms with Gasteiger partial charge in [0.2, 0.25) is 0 Å². The molecule has 2 aliphatic heterocycles. The first-order valence-electron chi connectivity index (χ1n) is 22.0. The Kier molecular flexibility index (Phi) is 10.4. The van der Waals surface area contributed by atoms with Crippen LogP contribution in [0.2, 0.25) is 0 Å². The number of hydrogen-bond donors (Lipinski definition) is 2. The average Bonchev–Trinajstić information content (AvgIpc) is 3.94. The SMILES string of the molecule is CC(C)(C)COc1ccc2c(c1)-c1nc-2nc2[nH]c(nc3nc(nc4[nH]c(n1)c1ccc(OCC(C)(C)C)cc41)-c1cc(OCC(C)(C)C)ccc1-3)c1ccc(OCC(C)(C)C)cc21. The number of nitrogens with one attached hydrogen (secondary N) is 2. The molecule has 64 heavy (non-hydrogen) atoms. The van der Waals surface area contributed by atoms with Gasteiger partial charge in [0, 0.05) is 43.8 Å². The van der Waals surface area contributed by atoms with E-state index in [2.05, 4.69) is 93.1 Å². The monoisotopic (exact) mass is 858 g/mol. The maximum atomic E-state index is 6.33. The van der Waals surface area contributed by atoms with Crippen LogP contribution in [0, 0.1) is 21.7 Å². The third kappa shape index (κ3) is 9.23. The number of hydrogen-bond acceptors (Lipinski definition) is 10. The van der Waals surface area contributed by atoms with Gasteiger partial charge in [0.1, 0.15) is 45.6 Å². The largest absolute Gasteiger partial charge is 0.493 e. The molecule has 5 heterocycles. The van der Waals surface area contributed by atoms with Crippen molar-refractivity contribution < 1.29 is 18.9 Å². The van der Waals surface area contributed by atoms with Gasteiger partial charge < -0.3 is 28.9 Å². The molecule has 12 nitrogen and oxygen atoms in total. The van der Waals surface area contributed by atoms with Crippen LogP contribution in [0.4, 0.5) is 0 Å². The highest BCUT2D eigenvalue weighted by atomic mass is 16.5. The van der Waals surface area contributed by atoms with Crippen LogP contribution in [-0.2, 0) is 0 Å². The van der Waals surface area contributed by atoms with Crippen molar-refractivity contribution in [1.29, 1.82) is 0 Å². The van der Waals surface area contributed by atoms with Crippen LogP contribution in [0.25, 0.3) is 89.7 Å². The smallest absolute Gasteiger partial charge is 0.164 e. The maximum absolute atomic E-state index is 6.33. The summed E-state index contributed by atoms with van der Waals surface area (Å²) in [7, 11) is 0. The highest BCUT2D eigenvalue weighted by Crippen LogP contribution is 2.40. The summed E-state index contributed by atoms with van der Waals surface area (Å²) >= 11 is 0. The lowest BCUT2D eigenvalue weighted by atomic mass is 9.98. The van der Waals surface area contributed by atoms with Crippen molar-refractivity contribution in [2.24, 2.45) is 21.7 Å². The van der Waals surface area contributed by atoms with E-state index in [1.54, 1.807) is 0 Å². The van der Waals surface area contributed by atoms with E-state index >= 15 is 0 Å². The van der Waals surface area contributed by atoms with E-state index in [0.717, 1.165) is 66.8 Å². The standard InChI is InChI=1S/C52H58N8O4/c1-49(2,3)25-61-29-13-17-33-37(21-29)45-54-41(33)53-42-34-18-14-31(63-27-51(7,8)9)23-39(34)47(55-42)60-48-40-24-32(64-28-52(10,11)12)16-20-36(40)44(59-48)58-46-38-22-30(62-26-50(4,5)6)15-19-35(38)43(56-45)57-46/h13-24H,25-28H2,1-12H3,(H2,53,54,55,56,57,58,59,60). The molecule has 0 saturated carbocycles. The fraction of sp³-hybridized carbons (Fsp3) is 0.385. The topological polar surface area (TPSA) is 146 Å². The molecule has 4 aromatic carbocycles. The Labute approximate surface area is 374 Å². The van der Waals surface area contributed by atoms with E-state index in [1.807, 2.05) is 72.8 Å². The van der Waals surface area contributed by atoms with Crippen LogP contribution in [0.1, 0.15) is 83.1 Å². The van der Waals surface area contributed by atoms with Crippen LogP contribution in [0.3, 0.4) is 0 Å². The first kappa shape index (κ1) is 42.7. The molecule has 0 saturated heterocycles. The lowest BCUT2D eigenvalue weighted by molar-refractivity contribution is 0.198. The first-order valence-corrected chi connectivity index (χ1v) is 22.0. The zero-order chi connectivity index (χ0) is 45.3. The molecular weight excluding hydrogens is 801 g/mol. The van der Waals surface area contributed by atoms with Crippen molar-refractivity contribution in [2.45, 2.75) is 83.1 Å². The number of aromatic amines is 2. The molecular formula is C52H58N8O4. The van der Waals surface area contributed by atoms with Gasteiger partial charge in [0.15, 0.2) is 23.3 Å². The van der Waals surface area contributed by atoms with Crippen LogP contribution in [0.5, 0.6) is 23.0 Å². The van der Waals surface area contributed by atoms with Crippen molar-refractivity contribution in [3.8, 4) is 68.5 Å². The predicted molar refractivity (Wildman–Crippen MR) is 256 cm³/mol. The summed E-state index contributed by atoms with van der Waals surface area (Å²) in [4.78, 5) is 38.4. The fourth-order valence-corrected chi connectivity index (χ4v) is 7.27. The minimum atomic E-state index is -0.0366. The van der Waals surface area contributed by atoms with Gasteiger partial charge in [-0.15, -0.1) is 0 Å². The van der Waals surface area contributed by atoms with E-state index in [4.69, 9.17) is 48.9 Å². The molecule has 2 aliphatic rings. The molecule has 0 radical (unpaired) electrons. The Hall–Kier alpha value is -6.56. The van der Waals surface area contributed by atoms with E-state index < -0.39 is 0 Å². The predicted octanol–water partition coefficient (Wildman–Crippen LogP) is 12.6. The second kappa shape index (κ2) is 15.6. The summed E-state index contributed by atoms with van der Waals surface area (Å²) in [6, 6.07) is 24.0. The molecule has 8 bridgehead atoms. The number of rotatable bonds is 8. The van der Waals surface area contributed by atoms with E-state index in [0.29, 0.717) is 72.3 Å². The van der Waals surface area contributed by atoms with Gasteiger partial charge in [0.25, 0.3) is 0 Å². The van der Waals surface area contributed by atoms with Crippen LogP contribution < -0.4 is 18.9 Å². The summed E-state index contributed by atoms with van der Waals surface area (Å²) < 4.78 is 25.3. The van der Waals surface area contributed by atoms with Gasteiger partial charge in [-0.2, -0.15) is 0 Å². The van der Waals surface area contributed by atoms with Crippen molar-refractivity contribution in [2.75, 3.05) is 26.4 Å². The summed E-state index contributed by atoms with van der Waals surface area (Å²) in [5, 5.41) is 3.35. The van der Waals surface area contributed by atoms with Crippen LogP contribution in [-0.4, -0.2) is 66.3 Å². The van der Waals surface area contributed by atoms with Crippen molar-refractivity contribution in [3.05, 3.63) is 72.8 Å². The van der Waals surface area contributed by atoms with Gasteiger partial charge in [-0.1, -0.05) is 83.1 Å². The first-order chi connectivity index (χ1) is 30.1. The summed E-state index contributed by atoms with van der Waals surface area (Å²) in [5.74, 6) is 4.87.